The highest BCUT2D eigenvalue weighted by atomic mass is 19.1. The van der Waals surface area contributed by atoms with E-state index in [-0.39, 0.29) is 40.5 Å². The first kappa shape index (κ1) is 37.0. The van der Waals surface area contributed by atoms with Crippen molar-refractivity contribution < 1.29 is 32.9 Å². The Morgan fingerprint density at radius 3 is 2.39 bits per heavy atom. The van der Waals surface area contributed by atoms with Gasteiger partial charge >= 0.3 is 0 Å². The van der Waals surface area contributed by atoms with Gasteiger partial charge in [0.2, 0.25) is 11.8 Å². The van der Waals surface area contributed by atoms with Crippen molar-refractivity contribution in [1.29, 1.82) is 0 Å². The van der Waals surface area contributed by atoms with Gasteiger partial charge in [-0.1, -0.05) is 24.6 Å². The quantitative estimate of drug-likeness (QED) is 0.109. The Bertz CT molecular complexity index is 1800. The molecular formula is C38H45FN6O6. The van der Waals surface area contributed by atoms with Crippen molar-refractivity contribution in [3.8, 4) is 23.1 Å². The number of anilines is 3. The molecule has 4 aromatic rings. The predicted molar refractivity (Wildman–Crippen MR) is 193 cm³/mol. The Morgan fingerprint density at radius 1 is 0.902 bits per heavy atom. The van der Waals surface area contributed by atoms with Gasteiger partial charge in [0.1, 0.15) is 5.56 Å². The molecule has 0 unspecified atom stereocenters. The Hall–Kier alpha value is -5.27. The van der Waals surface area contributed by atoms with Gasteiger partial charge in [0.05, 0.1) is 20.3 Å². The summed E-state index contributed by atoms with van der Waals surface area (Å²) in [5, 5.41) is 8.69. The summed E-state index contributed by atoms with van der Waals surface area (Å²) in [6.45, 7) is 8.05. The summed E-state index contributed by atoms with van der Waals surface area (Å²) in [7, 11) is 2.99. The average Bonchev–Trinajstić information content (AvgIpc) is 3.13. The summed E-state index contributed by atoms with van der Waals surface area (Å²) in [6, 6.07) is 14.8. The lowest BCUT2D eigenvalue weighted by atomic mass is 10.1. The molecule has 3 N–H and O–H groups in total. The lowest BCUT2D eigenvalue weighted by Crippen LogP contribution is -2.31. The molecule has 270 valence electrons. The zero-order valence-electron chi connectivity index (χ0n) is 29.5. The van der Waals surface area contributed by atoms with Gasteiger partial charge in [-0.3, -0.25) is 9.59 Å². The number of aromatic nitrogens is 2. The van der Waals surface area contributed by atoms with Gasteiger partial charge in [-0.15, -0.1) is 0 Å². The topological polar surface area (TPSA) is 136 Å². The standard InChI is InChI=1S/C38H45FN6O6/c1-25-10-8-11-26(2)34(25)43-36(47)29-24-41-38(42-28-13-15-31(30(39)23-28)50-20-9-19-45-17-6-5-7-18-45)44-37(29)51-32-14-12-27(22-33(32)49-4)35(46)40-16-21-48-3/h8,10-15,22-24H,5-7,9,16-21H2,1-4H3,(H,40,46)(H,43,47)(H,41,42,44). The van der Waals surface area contributed by atoms with Crippen molar-refractivity contribution in [1.82, 2.24) is 20.2 Å². The molecule has 2 amide bonds. The van der Waals surface area contributed by atoms with E-state index in [1.807, 2.05) is 32.0 Å². The number of para-hydroxylation sites is 1. The molecule has 0 aliphatic carbocycles. The summed E-state index contributed by atoms with van der Waals surface area (Å²) >= 11 is 0. The number of aryl methyl sites for hydroxylation is 2. The van der Waals surface area contributed by atoms with Gasteiger partial charge in [-0.05, 0) is 87.7 Å². The fourth-order valence-corrected chi connectivity index (χ4v) is 5.70. The second-order valence-corrected chi connectivity index (χ2v) is 12.2. The van der Waals surface area contributed by atoms with Crippen molar-refractivity contribution in [2.75, 3.05) is 64.2 Å². The number of methoxy groups -OCH3 is 2. The number of nitrogens with zero attached hydrogens (tertiary/aromatic N) is 3. The molecular weight excluding hydrogens is 655 g/mol. The number of rotatable bonds is 16. The van der Waals surface area contributed by atoms with Crippen LogP contribution in [0.15, 0.2) is 60.8 Å². The number of ether oxygens (including phenoxy) is 4. The number of likely N-dealkylation sites (tertiary alicyclic amines) is 1. The molecule has 0 spiro atoms. The molecule has 0 radical (unpaired) electrons. The molecule has 12 nitrogen and oxygen atoms in total. The number of halogens is 1. The highest BCUT2D eigenvalue weighted by Crippen LogP contribution is 2.34. The number of benzene rings is 3. The number of carbonyl (C=O) groups is 2. The molecule has 2 heterocycles. The van der Waals surface area contributed by atoms with Crippen LogP contribution in [-0.4, -0.2) is 80.3 Å². The van der Waals surface area contributed by atoms with E-state index < -0.39 is 11.7 Å². The maximum atomic E-state index is 15.1. The number of nitrogens with one attached hydrogen (secondary N) is 3. The van der Waals surface area contributed by atoms with Crippen LogP contribution in [0.5, 0.6) is 23.1 Å². The maximum absolute atomic E-state index is 15.1. The molecule has 51 heavy (non-hydrogen) atoms. The zero-order valence-corrected chi connectivity index (χ0v) is 29.5. The Labute approximate surface area is 297 Å². The summed E-state index contributed by atoms with van der Waals surface area (Å²) in [5.41, 5.74) is 3.15. The van der Waals surface area contributed by atoms with Crippen molar-refractivity contribution >= 4 is 29.1 Å². The van der Waals surface area contributed by atoms with Crippen LogP contribution in [0.4, 0.5) is 21.7 Å². The van der Waals surface area contributed by atoms with Crippen LogP contribution in [0, 0.1) is 19.7 Å². The molecule has 0 saturated carbocycles. The lowest BCUT2D eigenvalue weighted by molar-refractivity contribution is 0.0936. The van der Waals surface area contributed by atoms with E-state index >= 15 is 4.39 Å². The van der Waals surface area contributed by atoms with Crippen molar-refractivity contribution in [2.45, 2.75) is 39.5 Å². The number of amides is 2. The molecule has 3 aromatic carbocycles. The third kappa shape index (κ3) is 10.1. The summed E-state index contributed by atoms with van der Waals surface area (Å²) in [6.07, 6.45) is 5.87. The van der Waals surface area contributed by atoms with E-state index in [9.17, 15) is 9.59 Å². The molecule has 0 atom stereocenters. The highest BCUT2D eigenvalue weighted by Gasteiger charge is 2.21. The van der Waals surface area contributed by atoms with Crippen LogP contribution in [0.3, 0.4) is 0 Å². The largest absolute Gasteiger partial charge is 0.493 e. The van der Waals surface area contributed by atoms with Gasteiger partial charge in [-0.2, -0.15) is 4.98 Å². The van der Waals surface area contributed by atoms with E-state index in [1.54, 1.807) is 31.4 Å². The number of hydrogen-bond acceptors (Lipinski definition) is 10. The van der Waals surface area contributed by atoms with Crippen LogP contribution in [0.25, 0.3) is 0 Å². The van der Waals surface area contributed by atoms with Crippen molar-refractivity contribution in [3.05, 3.63) is 88.9 Å². The summed E-state index contributed by atoms with van der Waals surface area (Å²) in [5.74, 6) is -0.810. The minimum Gasteiger partial charge on any atom is -0.493 e. The van der Waals surface area contributed by atoms with Gasteiger partial charge in [0.15, 0.2) is 23.1 Å². The van der Waals surface area contributed by atoms with Gasteiger partial charge in [0, 0.05) is 49.4 Å². The minimum atomic E-state index is -0.532. The second-order valence-electron chi connectivity index (χ2n) is 12.2. The number of carbonyl (C=O) groups excluding carboxylic acids is 2. The van der Waals surface area contributed by atoms with E-state index in [2.05, 4.69) is 30.8 Å². The third-order valence-electron chi connectivity index (χ3n) is 8.46. The molecule has 1 aliphatic rings. The second kappa shape index (κ2) is 18.1. The Morgan fingerprint density at radius 2 is 1.67 bits per heavy atom. The van der Waals surface area contributed by atoms with E-state index in [4.69, 9.17) is 18.9 Å². The molecule has 1 aliphatic heterocycles. The lowest BCUT2D eigenvalue weighted by Gasteiger charge is -2.26. The van der Waals surface area contributed by atoms with Gasteiger partial charge in [-0.25, -0.2) is 9.37 Å². The van der Waals surface area contributed by atoms with E-state index in [1.165, 1.54) is 44.7 Å². The predicted octanol–water partition coefficient (Wildman–Crippen LogP) is 6.66. The van der Waals surface area contributed by atoms with Crippen molar-refractivity contribution in [2.24, 2.45) is 0 Å². The van der Waals surface area contributed by atoms with E-state index in [0.717, 1.165) is 37.2 Å². The number of hydrogen-bond donors (Lipinski definition) is 3. The summed E-state index contributed by atoms with van der Waals surface area (Å²) < 4.78 is 37.5. The van der Waals surface area contributed by atoms with Crippen LogP contribution in [0.1, 0.15) is 57.5 Å². The molecule has 1 saturated heterocycles. The van der Waals surface area contributed by atoms with Crippen LogP contribution in [-0.2, 0) is 4.74 Å². The first-order valence-electron chi connectivity index (χ1n) is 17.0. The van der Waals surface area contributed by atoms with Crippen LogP contribution >= 0.6 is 0 Å². The normalized spacial score (nSPS) is 13.0. The fourth-order valence-electron chi connectivity index (χ4n) is 5.70. The smallest absolute Gasteiger partial charge is 0.262 e. The first-order valence-corrected chi connectivity index (χ1v) is 17.0. The van der Waals surface area contributed by atoms with Crippen LogP contribution < -0.4 is 30.2 Å². The molecule has 13 heteroatoms. The Balaban J connectivity index is 1.35. The van der Waals surface area contributed by atoms with Gasteiger partial charge in [0.25, 0.3) is 11.8 Å². The zero-order chi connectivity index (χ0) is 36.2. The SMILES string of the molecule is COCCNC(=O)c1ccc(Oc2nc(Nc3ccc(OCCCN4CCCCC4)c(F)c3)ncc2C(=O)Nc2c(C)cccc2C)c(OC)c1. The van der Waals surface area contributed by atoms with Crippen LogP contribution in [0.2, 0.25) is 0 Å². The maximum Gasteiger partial charge on any atom is 0.262 e. The monoisotopic (exact) mass is 700 g/mol. The fraction of sp³-hybridized carbons (Fsp3) is 0.368. The van der Waals surface area contributed by atoms with E-state index in [0.29, 0.717) is 36.7 Å². The highest BCUT2D eigenvalue weighted by molar-refractivity contribution is 6.06. The Kier molecular flexibility index (Phi) is 13.1. The molecule has 0 bridgehead atoms. The number of piperidine rings is 1. The average molecular weight is 701 g/mol. The van der Waals surface area contributed by atoms with Gasteiger partial charge < -0.3 is 39.8 Å². The molecule has 1 aromatic heterocycles. The first-order chi connectivity index (χ1) is 24.7. The van der Waals surface area contributed by atoms with Crippen molar-refractivity contribution in [3.63, 3.8) is 0 Å². The summed E-state index contributed by atoms with van der Waals surface area (Å²) in [4.78, 5) is 37.5. The molecule has 1 fully saturated rings. The minimum absolute atomic E-state index is 0.0334. The molecule has 5 rings (SSSR count). The third-order valence-corrected chi connectivity index (χ3v) is 8.46.